The summed E-state index contributed by atoms with van der Waals surface area (Å²) in [5, 5.41) is 0. The van der Waals surface area contributed by atoms with E-state index in [-0.39, 0.29) is 24.7 Å². The molecular weight excluding hydrogens is 233 g/mol. The second-order valence-corrected chi connectivity index (χ2v) is 3.50. The Morgan fingerprint density at radius 2 is 2.19 bits per heavy atom. The molecule has 0 spiro atoms. The molecule has 0 aliphatic carbocycles. The van der Waals surface area contributed by atoms with Gasteiger partial charge in [-0.2, -0.15) is 0 Å². The van der Waals surface area contributed by atoms with Crippen LogP contribution in [-0.4, -0.2) is 29.9 Å². The summed E-state index contributed by atoms with van der Waals surface area (Å²) in [7, 11) is 3.32. The lowest BCUT2D eigenvalue weighted by molar-refractivity contribution is -0.129. The largest absolute Gasteiger partial charge is 0.349 e. The van der Waals surface area contributed by atoms with Crippen molar-refractivity contribution in [2.75, 3.05) is 14.1 Å². The Balaban J connectivity index is 0.00000225. The standard InChI is InChI=1S/C10H14FN3O.ClH/c1-14(2)10(15)5-8(12)9-4-3-7(11)6-13-9;/h3-4,6,8H,5,12H2,1-2H3;1H. The smallest absolute Gasteiger partial charge is 0.224 e. The van der Waals surface area contributed by atoms with Crippen LogP contribution in [0.3, 0.4) is 0 Å². The number of aromatic nitrogens is 1. The van der Waals surface area contributed by atoms with Crippen molar-refractivity contribution in [3.05, 3.63) is 29.8 Å². The molecule has 0 saturated carbocycles. The van der Waals surface area contributed by atoms with Crippen LogP contribution >= 0.6 is 12.4 Å². The maximum atomic E-state index is 12.6. The number of amides is 1. The predicted octanol–water partition coefficient (Wildman–Crippen LogP) is 1.12. The molecule has 1 atom stereocenters. The average Bonchev–Trinajstić information content (AvgIpc) is 2.18. The molecule has 1 amide bonds. The number of rotatable bonds is 3. The number of hydrogen-bond donors (Lipinski definition) is 1. The number of hydrogen-bond acceptors (Lipinski definition) is 3. The van der Waals surface area contributed by atoms with E-state index in [0.717, 1.165) is 6.20 Å². The zero-order chi connectivity index (χ0) is 11.4. The third-order valence-corrected chi connectivity index (χ3v) is 2.02. The van der Waals surface area contributed by atoms with Crippen LogP contribution in [0.2, 0.25) is 0 Å². The Morgan fingerprint density at radius 1 is 1.56 bits per heavy atom. The second kappa shape index (κ2) is 6.40. The number of nitrogens with two attached hydrogens (primary N) is 1. The van der Waals surface area contributed by atoms with Gasteiger partial charge in [-0.3, -0.25) is 9.78 Å². The van der Waals surface area contributed by atoms with Gasteiger partial charge in [-0.05, 0) is 12.1 Å². The van der Waals surface area contributed by atoms with Crippen LogP contribution in [0.25, 0.3) is 0 Å². The number of halogens is 2. The predicted molar refractivity (Wildman–Crippen MR) is 61.7 cm³/mol. The first-order chi connectivity index (χ1) is 7.00. The van der Waals surface area contributed by atoms with Crippen LogP contribution in [0.15, 0.2) is 18.3 Å². The molecule has 0 aliphatic rings. The van der Waals surface area contributed by atoms with Crippen molar-refractivity contribution in [2.24, 2.45) is 5.73 Å². The molecule has 1 aromatic rings. The molecule has 1 unspecified atom stereocenters. The number of carbonyl (C=O) groups excluding carboxylic acids is 1. The van der Waals surface area contributed by atoms with E-state index in [4.69, 9.17) is 5.73 Å². The molecule has 1 heterocycles. The maximum absolute atomic E-state index is 12.6. The second-order valence-electron chi connectivity index (χ2n) is 3.50. The Labute approximate surface area is 100 Å². The minimum absolute atomic E-state index is 0. The molecule has 6 heteroatoms. The van der Waals surface area contributed by atoms with Gasteiger partial charge >= 0.3 is 0 Å². The van der Waals surface area contributed by atoms with Gasteiger partial charge in [-0.15, -0.1) is 12.4 Å². The Hall–Kier alpha value is -1.20. The quantitative estimate of drug-likeness (QED) is 0.871. The van der Waals surface area contributed by atoms with Crippen molar-refractivity contribution in [1.29, 1.82) is 0 Å². The maximum Gasteiger partial charge on any atom is 0.224 e. The Kier molecular flexibility index (Phi) is 5.92. The summed E-state index contributed by atoms with van der Waals surface area (Å²) in [6, 6.07) is 2.28. The molecular formula is C10H15ClFN3O. The molecule has 2 N–H and O–H groups in total. The van der Waals surface area contributed by atoms with Gasteiger partial charge in [0.1, 0.15) is 5.82 Å². The van der Waals surface area contributed by atoms with Crippen molar-refractivity contribution in [3.63, 3.8) is 0 Å². The third kappa shape index (κ3) is 4.12. The molecule has 1 aromatic heterocycles. The lowest BCUT2D eigenvalue weighted by Crippen LogP contribution is -2.26. The lowest BCUT2D eigenvalue weighted by atomic mass is 10.1. The fourth-order valence-electron chi connectivity index (χ4n) is 1.08. The van der Waals surface area contributed by atoms with E-state index < -0.39 is 11.9 Å². The molecule has 0 aromatic carbocycles. The number of pyridine rings is 1. The van der Waals surface area contributed by atoms with Crippen molar-refractivity contribution < 1.29 is 9.18 Å². The summed E-state index contributed by atoms with van der Waals surface area (Å²) in [5.74, 6) is -0.487. The molecule has 0 radical (unpaired) electrons. The fraction of sp³-hybridized carbons (Fsp3) is 0.400. The average molecular weight is 248 g/mol. The summed E-state index contributed by atoms with van der Waals surface area (Å²) in [6.45, 7) is 0. The lowest BCUT2D eigenvalue weighted by Gasteiger charge is -2.14. The molecule has 0 saturated heterocycles. The SMILES string of the molecule is CN(C)C(=O)CC(N)c1ccc(F)cn1.Cl. The van der Waals surface area contributed by atoms with Crippen molar-refractivity contribution in [2.45, 2.75) is 12.5 Å². The van der Waals surface area contributed by atoms with E-state index in [9.17, 15) is 9.18 Å². The van der Waals surface area contributed by atoms with Gasteiger partial charge in [-0.25, -0.2) is 4.39 Å². The van der Waals surface area contributed by atoms with Crippen LogP contribution in [-0.2, 0) is 4.79 Å². The van der Waals surface area contributed by atoms with Crippen LogP contribution in [0, 0.1) is 5.82 Å². The highest BCUT2D eigenvalue weighted by Gasteiger charge is 2.13. The zero-order valence-electron chi connectivity index (χ0n) is 9.18. The summed E-state index contributed by atoms with van der Waals surface area (Å²) < 4.78 is 12.6. The number of carbonyl (C=O) groups is 1. The first-order valence-corrected chi connectivity index (χ1v) is 4.58. The molecule has 0 bridgehead atoms. The third-order valence-electron chi connectivity index (χ3n) is 2.02. The van der Waals surface area contributed by atoms with E-state index in [1.165, 1.54) is 17.0 Å². The highest BCUT2D eigenvalue weighted by molar-refractivity contribution is 5.85. The zero-order valence-corrected chi connectivity index (χ0v) is 10.00. The first-order valence-electron chi connectivity index (χ1n) is 4.58. The van der Waals surface area contributed by atoms with Crippen molar-refractivity contribution in [3.8, 4) is 0 Å². The monoisotopic (exact) mass is 247 g/mol. The van der Waals surface area contributed by atoms with Crippen LogP contribution in [0.4, 0.5) is 4.39 Å². The van der Waals surface area contributed by atoms with Gasteiger partial charge in [0, 0.05) is 20.5 Å². The Morgan fingerprint density at radius 3 is 2.62 bits per heavy atom. The molecule has 0 fully saturated rings. The molecule has 1 rings (SSSR count). The first kappa shape index (κ1) is 14.8. The van der Waals surface area contributed by atoms with Gasteiger partial charge < -0.3 is 10.6 Å². The van der Waals surface area contributed by atoms with Gasteiger partial charge in [0.2, 0.25) is 5.91 Å². The van der Waals surface area contributed by atoms with Gasteiger partial charge in [0.25, 0.3) is 0 Å². The Bertz CT molecular complexity index is 342. The summed E-state index contributed by atoms with van der Waals surface area (Å²) in [5.41, 5.74) is 6.27. The summed E-state index contributed by atoms with van der Waals surface area (Å²) in [6.07, 6.45) is 1.26. The summed E-state index contributed by atoms with van der Waals surface area (Å²) >= 11 is 0. The fourth-order valence-corrected chi connectivity index (χ4v) is 1.08. The van der Waals surface area contributed by atoms with E-state index in [0.29, 0.717) is 5.69 Å². The highest BCUT2D eigenvalue weighted by atomic mass is 35.5. The minimum Gasteiger partial charge on any atom is -0.349 e. The molecule has 4 nitrogen and oxygen atoms in total. The molecule has 90 valence electrons. The summed E-state index contributed by atoms with van der Waals surface area (Å²) in [4.78, 5) is 16.6. The van der Waals surface area contributed by atoms with E-state index in [2.05, 4.69) is 4.98 Å². The topological polar surface area (TPSA) is 59.2 Å². The number of nitrogens with zero attached hydrogens (tertiary/aromatic N) is 2. The van der Waals surface area contributed by atoms with Crippen LogP contribution in [0.5, 0.6) is 0 Å². The van der Waals surface area contributed by atoms with Crippen LogP contribution in [0.1, 0.15) is 18.2 Å². The van der Waals surface area contributed by atoms with Crippen molar-refractivity contribution >= 4 is 18.3 Å². The van der Waals surface area contributed by atoms with Gasteiger partial charge in [0.05, 0.1) is 17.9 Å². The van der Waals surface area contributed by atoms with E-state index >= 15 is 0 Å². The van der Waals surface area contributed by atoms with E-state index in [1.807, 2.05) is 0 Å². The van der Waals surface area contributed by atoms with Crippen LogP contribution < -0.4 is 5.73 Å². The van der Waals surface area contributed by atoms with Gasteiger partial charge in [-0.1, -0.05) is 0 Å². The molecule has 16 heavy (non-hydrogen) atoms. The van der Waals surface area contributed by atoms with Gasteiger partial charge in [0.15, 0.2) is 0 Å². The normalized spacial score (nSPS) is 11.5. The van der Waals surface area contributed by atoms with Crippen molar-refractivity contribution in [1.82, 2.24) is 9.88 Å². The molecule has 0 aliphatic heterocycles. The van der Waals surface area contributed by atoms with E-state index in [1.54, 1.807) is 14.1 Å². The highest BCUT2D eigenvalue weighted by Crippen LogP contribution is 2.12. The minimum atomic E-state index is -0.486.